The minimum Gasteiger partial charge on any atom is -0.335 e. The molecule has 1 amide bonds. The number of benzene rings is 1. The number of rotatable bonds is 5. The number of aryl methyl sites for hydroxylation is 1. The summed E-state index contributed by atoms with van der Waals surface area (Å²) in [6.07, 6.45) is 5.46. The van der Waals surface area contributed by atoms with E-state index in [2.05, 4.69) is 23.4 Å². The molecule has 0 fully saturated rings. The van der Waals surface area contributed by atoms with Gasteiger partial charge in [-0.1, -0.05) is 12.1 Å². The number of hydrogen-bond donors (Lipinski definition) is 0. The highest BCUT2D eigenvalue weighted by Crippen LogP contribution is 2.30. The fourth-order valence-electron chi connectivity index (χ4n) is 3.75. The Balaban J connectivity index is 1.49. The van der Waals surface area contributed by atoms with Gasteiger partial charge in [-0.2, -0.15) is 0 Å². The normalized spacial score (nSPS) is 16.2. The fourth-order valence-corrected chi connectivity index (χ4v) is 4.75. The molecular weight excluding hydrogens is 373 g/mol. The van der Waals surface area contributed by atoms with Crippen molar-refractivity contribution in [1.82, 2.24) is 14.5 Å². The summed E-state index contributed by atoms with van der Waals surface area (Å²) in [6.45, 7) is 5.41. The highest BCUT2D eigenvalue weighted by molar-refractivity contribution is 7.15. The number of carbonyl (C=O) groups is 1. The lowest BCUT2D eigenvalue weighted by molar-refractivity contribution is -0.139. The summed E-state index contributed by atoms with van der Waals surface area (Å²) < 4.78 is 15.6. The van der Waals surface area contributed by atoms with Gasteiger partial charge in [-0.05, 0) is 50.1 Å². The number of amides is 1. The summed E-state index contributed by atoms with van der Waals surface area (Å²) in [7, 11) is 0. The molecule has 4 nitrogen and oxygen atoms in total. The topological polar surface area (TPSA) is 38.1 Å². The zero-order chi connectivity index (χ0) is 19.7. The molecule has 1 aliphatic rings. The zero-order valence-corrected chi connectivity index (χ0v) is 17.0. The first kappa shape index (κ1) is 18.9. The van der Waals surface area contributed by atoms with Crippen molar-refractivity contribution in [2.24, 2.45) is 5.92 Å². The van der Waals surface area contributed by atoms with E-state index >= 15 is 0 Å². The average Bonchev–Trinajstić information content (AvgIpc) is 3.34. The maximum absolute atomic E-state index is 13.5. The van der Waals surface area contributed by atoms with Gasteiger partial charge in [0.2, 0.25) is 5.91 Å². The molecule has 0 N–H and O–H groups in total. The third kappa shape index (κ3) is 3.87. The lowest BCUT2D eigenvalue weighted by Crippen LogP contribution is -2.42. The van der Waals surface area contributed by atoms with Crippen molar-refractivity contribution < 1.29 is 9.18 Å². The van der Waals surface area contributed by atoms with Gasteiger partial charge >= 0.3 is 0 Å². The SMILES string of the molecule is CC(C)N(Cc1ccc(-c2cccc(F)c2)s1)C(=O)C1CCc2nccn2C1. The maximum atomic E-state index is 13.5. The van der Waals surface area contributed by atoms with E-state index in [9.17, 15) is 9.18 Å². The highest BCUT2D eigenvalue weighted by atomic mass is 32.1. The molecule has 1 aliphatic heterocycles. The number of aromatic nitrogens is 2. The van der Waals surface area contributed by atoms with Gasteiger partial charge in [0.25, 0.3) is 0 Å². The second kappa shape index (κ2) is 7.87. The van der Waals surface area contributed by atoms with Crippen molar-refractivity contribution in [2.75, 3.05) is 0 Å². The lowest BCUT2D eigenvalue weighted by atomic mass is 9.97. The van der Waals surface area contributed by atoms with Crippen LogP contribution in [0.15, 0.2) is 48.8 Å². The Bertz CT molecular complexity index is 978. The first-order chi connectivity index (χ1) is 13.5. The molecule has 6 heteroatoms. The number of nitrogens with zero attached hydrogens (tertiary/aromatic N) is 3. The summed E-state index contributed by atoms with van der Waals surface area (Å²) in [5, 5.41) is 0. The monoisotopic (exact) mass is 397 g/mol. The summed E-state index contributed by atoms with van der Waals surface area (Å²) in [4.78, 5) is 21.7. The summed E-state index contributed by atoms with van der Waals surface area (Å²) >= 11 is 1.62. The average molecular weight is 398 g/mol. The molecule has 1 unspecified atom stereocenters. The second-order valence-corrected chi connectivity index (χ2v) is 8.74. The molecule has 1 atom stereocenters. The molecule has 0 saturated heterocycles. The molecule has 3 heterocycles. The van der Waals surface area contributed by atoms with Crippen LogP contribution in [0, 0.1) is 11.7 Å². The van der Waals surface area contributed by atoms with Crippen LogP contribution in [0.5, 0.6) is 0 Å². The molecule has 28 heavy (non-hydrogen) atoms. The van der Waals surface area contributed by atoms with Gasteiger partial charge < -0.3 is 9.47 Å². The summed E-state index contributed by atoms with van der Waals surface area (Å²) in [6, 6.07) is 10.8. The van der Waals surface area contributed by atoms with Gasteiger partial charge in [0.05, 0.1) is 12.5 Å². The van der Waals surface area contributed by atoms with Gasteiger partial charge in [-0.15, -0.1) is 11.3 Å². The molecule has 0 aliphatic carbocycles. The Kier molecular flexibility index (Phi) is 5.31. The summed E-state index contributed by atoms with van der Waals surface area (Å²) in [5.74, 6) is 1.03. The van der Waals surface area contributed by atoms with Crippen molar-refractivity contribution >= 4 is 17.2 Å². The minimum absolute atomic E-state index is 0.00764. The largest absolute Gasteiger partial charge is 0.335 e. The van der Waals surface area contributed by atoms with E-state index in [1.54, 1.807) is 23.5 Å². The van der Waals surface area contributed by atoms with Crippen LogP contribution in [0.1, 0.15) is 31.0 Å². The molecule has 3 aromatic rings. The number of thiophene rings is 1. The Labute approximate surface area is 168 Å². The predicted molar refractivity (Wildman–Crippen MR) is 109 cm³/mol. The van der Waals surface area contributed by atoms with Crippen LogP contribution >= 0.6 is 11.3 Å². The Hall–Kier alpha value is -2.47. The maximum Gasteiger partial charge on any atom is 0.228 e. The van der Waals surface area contributed by atoms with Crippen LogP contribution in [-0.4, -0.2) is 26.4 Å². The van der Waals surface area contributed by atoms with Crippen molar-refractivity contribution in [3.63, 3.8) is 0 Å². The number of hydrogen-bond acceptors (Lipinski definition) is 3. The van der Waals surface area contributed by atoms with Crippen LogP contribution < -0.4 is 0 Å². The van der Waals surface area contributed by atoms with Crippen molar-refractivity contribution in [3.05, 3.63) is 65.3 Å². The fraction of sp³-hybridized carbons (Fsp3) is 0.364. The van der Waals surface area contributed by atoms with Crippen LogP contribution in [0.2, 0.25) is 0 Å². The molecular formula is C22H24FN3OS. The molecule has 0 radical (unpaired) electrons. The smallest absolute Gasteiger partial charge is 0.228 e. The van der Waals surface area contributed by atoms with Crippen LogP contribution in [-0.2, 0) is 24.3 Å². The first-order valence-electron chi connectivity index (χ1n) is 9.66. The van der Waals surface area contributed by atoms with Crippen LogP contribution in [0.3, 0.4) is 0 Å². The van der Waals surface area contributed by atoms with Crippen LogP contribution in [0.4, 0.5) is 4.39 Å². The molecule has 1 aromatic carbocycles. The highest BCUT2D eigenvalue weighted by Gasteiger charge is 2.30. The van der Waals surface area contributed by atoms with E-state index in [4.69, 9.17) is 0 Å². The third-order valence-electron chi connectivity index (χ3n) is 5.29. The predicted octanol–water partition coefficient (Wildman–Crippen LogP) is 4.75. The van der Waals surface area contributed by atoms with Gasteiger partial charge in [-0.25, -0.2) is 9.37 Å². The quantitative estimate of drug-likeness (QED) is 0.623. The Morgan fingerprint density at radius 1 is 1.36 bits per heavy atom. The van der Waals surface area contributed by atoms with E-state index in [0.717, 1.165) is 34.0 Å². The second-order valence-electron chi connectivity index (χ2n) is 7.57. The number of imidazole rings is 1. The van der Waals surface area contributed by atoms with Gasteiger partial charge in [-0.3, -0.25) is 4.79 Å². The zero-order valence-electron chi connectivity index (χ0n) is 16.1. The standard InChI is InChI=1S/C22H24FN3OS/c1-15(2)26(22(27)17-6-9-21-24-10-11-25(21)13-17)14-19-7-8-20(28-19)16-4-3-5-18(23)12-16/h3-5,7-8,10-12,15,17H,6,9,13-14H2,1-2H3. The molecule has 0 saturated carbocycles. The van der Waals surface area contributed by atoms with Crippen molar-refractivity contribution in [2.45, 2.75) is 45.8 Å². The van der Waals surface area contributed by atoms with E-state index in [1.165, 1.54) is 6.07 Å². The Morgan fingerprint density at radius 2 is 2.21 bits per heavy atom. The number of halogens is 1. The molecule has 0 bridgehead atoms. The molecule has 4 rings (SSSR count). The van der Waals surface area contributed by atoms with Crippen molar-refractivity contribution in [3.8, 4) is 10.4 Å². The van der Waals surface area contributed by atoms with E-state index in [1.807, 2.05) is 35.5 Å². The minimum atomic E-state index is -0.234. The van der Waals surface area contributed by atoms with Gasteiger partial charge in [0, 0.05) is 41.2 Å². The number of carbonyl (C=O) groups excluding carboxylic acids is 1. The molecule has 0 spiro atoms. The van der Waals surface area contributed by atoms with Gasteiger partial charge in [0.1, 0.15) is 11.6 Å². The van der Waals surface area contributed by atoms with E-state index in [0.29, 0.717) is 13.1 Å². The van der Waals surface area contributed by atoms with E-state index < -0.39 is 0 Å². The Morgan fingerprint density at radius 3 is 3.00 bits per heavy atom. The van der Waals surface area contributed by atoms with Crippen LogP contribution in [0.25, 0.3) is 10.4 Å². The van der Waals surface area contributed by atoms with Crippen molar-refractivity contribution in [1.29, 1.82) is 0 Å². The van der Waals surface area contributed by atoms with Gasteiger partial charge in [0.15, 0.2) is 0 Å². The molecule has 2 aromatic heterocycles. The van der Waals surface area contributed by atoms with E-state index in [-0.39, 0.29) is 23.7 Å². The third-order valence-corrected chi connectivity index (χ3v) is 6.41. The molecule has 146 valence electrons. The summed E-state index contributed by atoms with van der Waals surface area (Å²) in [5.41, 5.74) is 0.874. The lowest BCUT2D eigenvalue weighted by Gasteiger charge is -2.32. The number of fused-ring (bicyclic) bond motifs is 1. The first-order valence-corrected chi connectivity index (χ1v) is 10.5.